The second-order valence-corrected chi connectivity index (χ2v) is 5.55. The monoisotopic (exact) mass is 341 g/mol. The summed E-state index contributed by atoms with van der Waals surface area (Å²) in [7, 11) is 1.89. The lowest BCUT2D eigenvalue weighted by atomic mass is 9.99. The summed E-state index contributed by atoms with van der Waals surface area (Å²) in [6, 6.07) is 12.5. The van der Waals surface area contributed by atoms with Gasteiger partial charge >= 0.3 is 0 Å². The molecule has 1 nitrogen and oxygen atoms in total. The zero-order valence-electron chi connectivity index (χ0n) is 10.5. The lowest BCUT2D eigenvalue weighted by molar-refractivity contribution is 0.589. The Morgan fingerprint density at radius 3 is 2.53 bits per heavy atom. The van der Waals surface area contributed by atoms with E-state index in [4.69, 9.17) is 11.6 Å². The lowest BCUT2D eigenvalue weighted by Crippen LogP contribution is -2.19. The molecule has 2 aromatic carbocycles. The quantitative estimate of drug-likeness (QED) is 0.846. The van der Waals surface area contributed by atoms with Crippen molar-refractivity contribution in [2.24, 2.45) is 0 Å². The van der Waals surface area contributed by atoms with Crippen LogP contribution in [0.15, 0.2) is 46.9 Å². The predicted molar refractivity (Wildman–Crippen MR) is 81.1 cm³/mol. The van der Waals surface area contributed by atoms with E-state index in [0.29, 0.717) is 5.02 Å². The fraction of sp³-hybridized carbons (Fsp3) is 0.200. The summed E-state index contributed by atoms with van der Waals surface area (Å²) in [5.74, 6) is -0.217. The second-order valence-electron chi connectivity index (χ2n) is 4.31. The van der Waals surface area contributed by atoms with Gasteiger partial charge < -0.3 is 5.32 Å². The Hall–Kier alpha value is -0.900. The van der Waals surface area contributed by atoms with Crippen molar-refractivity contribution in [2.75, 3.05) is 7.05 Å². The Labute approximate surface area is 125 Å². The molecule has 0 aliphatic carbocycles. The van der Waals surface area contributed by atoms with Crippen molar-refractivity contribution in [3.05, 3.63) is 68.9 Å². The molecule has 0 saturated carbocycles. The maximum atomic E-state index is 12.9. The average Bonchev–Trinajstić information content (AvgIpc) is 2.42. The van der Waals surface area contributed by atoms with Gasteiger partial charge in [0.2, 0.25) is 0 Å². The Morgan fingerprint density at radius 1 is 1.21 bits per heavy atom. The summed E-state index contributed by atoms with van der Waals surface area (Å²) < 4.78 is 13.8. The van der Waals surface area contributed by atoms with E-state index in [0.717, 1.165) is 22.0 Å². The summed E-state index contributed by atoms with van der Waals surface area (Å²) in [5, 5.41) is 3.96. The van der Waals surface area contributed by atoms with Gasteiger partial charge in [-0.3, -0.25) is 0 Å². The first-order valence-corrected chi connectivity index (χ1v) is 7.14. The third kappa shape index (κ3) is 3.56. The van der Waals surface area contributed by atoms with Gasteiger partial charge in [0.15, 0.2) is 0 Å². The molecule has 2 aromatic rings. The molecular formula is C15H14BrClFN. The van der Waals surface area contributed by atoms with Crippen molar-refractivity contribution in [1.82, 2.24) is 5.32 Å². The van der Waals surface area contributed by atoms with E-state index in [9.17, 15) is 4.39 Å². The van der Waals surface area contributed by atoms with Gasteiger partial charge in [0.1, 0.15) is 5.82 Å². The number of likely N-dealkylation sites (N-methyl/N-ethyl adjacent to an activating group) is 1. The molecule has 19 heavy (non-hydrogen) atoms. The third-order valence-corrected chi connectivity index (χ3v) is 4.37. The molecule has 1 atom stereocenters. The van der Waals surface area contributed by atoms with Crippen LogP contribution in [0, 0.1) is 5.82 Å². The number of hydrogen-bond acceptors (Lipinski definition) is 1. The number of halogens is 3. The molecule has 0 bridgehead atoms. The number of nitrogens with one attached hydrogen (secondary N) is 1. The molecule has 0 radical (unpaired) electrons. The standard InChI is InChI=1S/C15H14BrClFN/c1-19-14(9-10-5-7-11(18)8-6-10)12-3-2-4-13(16)15(12)17/h2-8,14,19H,9H2,1H3. The van der Waals surface area contributed by atoms with Gasteiger partial charge in [0.25, 0.3) is 0 Å². The van der Waals surface area contributed by atoms with Crippen LogP contribution in [0.3, 0.4) is 0 Å². The Morgan fingerprint density at radius 2 is 1.89 bits per heavy atom. The molecule has 0 aromatic heterocycles. The van der Waals surface area contributed by atoms with Gasteiger partial charge in [0.05, 0.1) is 5.02 Å². The summed E-state index contributed by atoms with van der Waals surface area (Å²) in [5.41, 5.74) is 2.10. The zero-order chi connectivity index (χ0) is 13.8. The zero-order valence-corrected chi connectivity index (χ0v) is 12.8. The normalized spacial score (nSPS) is 12.4. The van der Waals surface area contributed by atoms with Crippen LogP contribution in [-0.2, 0) is 6.42 Å². The maximum absolute atomic E-state index is 12.9. The van der Waals surface area contributed by atoms with Crippen molar-refractivity contribution in [3.63, 3.8) is 0 Å². The fourth-order valence-electron chi connectivity index (χ4n) is 2.01. The van der Waals surface area contributed by atoms with E-state index < -0.39 is 0 Å². The van der Waals surface area contributed by atoms with Gasteiger partial charge in [-0.25, -0.2) is 4.39 Å². The minimum atomic E-state index is -0.217. The molecule has 0 fully saturated rings. The van der Waals surface area contributed by atoms with E-state index in [1.807, 2.05) is 25.2 Å². The number of benzene rings is 2. The van der Waals surface area contributed by atoms with Crippen LogP contribution in [0.4, 0.5) is 4.39 Å². The Bertz CT molecular complexity index is 557. The van der Waals surface area contributed by atoms with Crippen LogP contribution in [0.25, 0.3) is 0 Å². The Balaban J connectivity index is 2.25. The van der Waals surface area contributed by atoms with E-state index in [-0.39, 0.29) is 11.9 Å². The first-order valence-electron chi connectivity index (χ1n) is 5.97. The van der Waals surface area contributed by atoms with Crippen molar-refractivity contribution >= 4 is 27.5 Å². The molecule has 0 aliphatic heterocycles. The van der Waals surface area contributed by atoms with Crippen LogP contribution in [-0.4, -0.2) is 7.05 Å². The Kier molecular flexibility index (Phi) is 4.97. The van der Waals surface area contributed by atoms with Crippen LogP contribution in [0.5, 0.6) is 0 Å². The van der Waals surface area contributed by atoms with Gasteiger partial charge in [-0.1, -0.05) is 35.9 Å². The molecular weight excluding hydrogens is 329 g/mol. The molecule has 0 saturated heterocycles. The molecule has 0 amide bonds. The lowest BCUT2D eigenvalue weighted by Gasteiger charge is -2.18. The highest BCUT2D eigenvalue weighted by Crippen LogP contribution is 2.31. The van der Waals surface area contributed by atoms with Crippen molar-refractivity contribution in [3.8, 4) is 0 Å². The van der Waals surface area contributed by atoms with Crippen LogP contribution < -0.4 is 5.32 Å². The minimum absolute atomic E-state index is 0.0930. The molecule has 0 heterocycles. The highest BCUT2D eigenvalue weighted by atomic mass is 79.9. The molecule has 1 N–H and O–H groups in total. The highest BCUT2D eigenvalue weighted by molar-refractivity contribution is 9.10. The molecule has 100 valence electrons. The van der Waals surface area contributed by atoms with E-state index in [1.54, 1.807) is 12.1 Å². The number of hydrogen-bond donors (Lipinski definition) is 1. The molecule has 4 heteroatoms. The molecule has 0 spiro atoms. The highest BCUT2D eigenvalue weighted by Gasteiger charge is 2.15. The molecule has 2 rings (SSSR count). The molecule has 0 aliphatic rings. The van der Waals surface area contributed by atoms with E-state index in [1.165, 1.54) is 12.1 Å². The molecule has 1 unspecified atom stereocenters. The van der Waals surface area contributed by atoms with E-state index in [2.05, 4.69) is 21.2 Å². The summed E-state index contributed by atoms with van der Waals surface area (Å²) >= 11 is 9.74. The van der Waals surface area contributed by atoms with Gasteiger partial charge in [-0.05, 0) is 58.7 Å². The SMILES string of the molecule is CNC(Cc1ccc(F)cc1)c1cccc(Br)c1Cl. The first-order chi connectivity index (χ1) is 9.11. The smallest absolute Gasteiger partial charge is 0.123 e. The van der Waals surface area contributed by atoms with Crippen molar-refractivity contribution in [1.29, 1.82) is 0 Å². The summed E-state index contributed by atoms with van der Waals surface area (Å²) in [6.07, 6.45) is 0.757. The van der Waals surface area contributed by atoms with Gasteiger partial charge in [-0.2, -0.15) is 0 Å². The van der Waals surface area contributed by atoms with Crippen LogP contribution >= 0.6 is 27.5 Å². The largest absolute Gasteiger partial charge is 0.313 e. The summed E-state index contributed by atoms with van der Waals surface area (Å²) in [4.78, 5) is 0. The van der Waals surface area contributed by atoms with Crippen molar-refractivity contribution < 1.29 is 4.39 Å². The van der Waals surface area contributed by atoms with Gasteiger partial charge in [0, 0.05) is 10.5 Å². The second kappa shape index (κ2) is 6.51. The third-order valence-electron chi connectivity index (χ3n) is 3.06. The average molecular weight is 343 g/mol. The maximum Gasteiger partial charge on any atom is 0.123 e. The minimum Gasteiger partial charge on any atom is -0.313 e. The number of rotatable bonds is 4. The first kappa shape index (κ1) is 14.5. The van der Waals surface area contributed by atoms with Crippen LogP contribution in [0.2, 0.25) is 5.02 Å². The fourth-order valence-corrected chi connectivity index (χ4v) is 2.65. The van der Waals surface area contributed by atoms with Crippen molar-refractivity contribution in [2.45, 2.75) is 12.5 Å². The predicted octanol–water partition coefficient (Wildman–Crippen LogP) is 4.74. The summed E-state index contributed by atoms with van der Waals surface area (Å²) in [6.45, 7) is 0. The van der Waals surface area contributed by atoms with Gasteiger partial charge in [-0.15, -0.1) is 0 Å². The topological polar surface area (TPSA) is 12.0 Å². The van der Waals surface area contributed by atoms with E-state index >= 15 is 0 Å². The van der Waals surface area contributed by atoms with Crippen LogP contribution in [0.1, 0.15) is 17.2 Å².